The lowest BCUT2D eigenvalue weighted by molar-refractivity contribution is 0.0953. The van der Waals surface area contributed by atoms with E-state index >= 15 is 0 Å². The van der Waals surface area contributed by atoms with E-state index in [4.69, 9.17) is 4.42 Å². The number of furan rings is 1. The average Bonchev–Trinajstić information content (AvgIpc) is 2.90. The Bertz CT molecular complexity index is 590. The lowest BCUT2D eigenvalue weighted by atomic mass is 10.2. The first-order chi connectivity index (χ1) is 10.1. The Morgan fingerprint density at radius 2 is 2.14 bits per heavy atom. The molecule has 0 aliphatic heterocycles. The number of carbonyl (C=O) groups excluding carboxylic acids is 1. The molecule has 5 heteroatoms. The topological polar surface area (TPSA) is 58.4 Å². The number of amides is 1. The molecule has 0 spiro atoms. The van der Waals surface area contributed by atoms with Gasteiger partial charge in [-0.25, -0.2) is 4.98 Å². The fourth-order valence-electron chi connectivity index (χ4n) is 1.97. The summed E-state index contributed by atoms with van der Waals surface area (Å²) in [6, 6.07) is 7.53. The fourth-order valence-corrected chi connectivity index (χ4v) is 1.97. The van der Waals surface area contributed by atoms with E-state index in [0.717, 1.165) is 23.8 Å². The molecule has 2 aromatic rings. The number of hydrogen-bond acceptors (Lipinski definition) is 4. The zero-order valence-electron chi connectivity index (χ0n) is 12.7. The van der Waals surface area contributed by atoms with Gasteiger partial charge in [0, 0.05) is 19.8 Å². The van der Waals surface area contributed by atoms with Crippen LogP contribution in [0.4, 0.5) is 5.82 Å². The van der Waals surface area contributed by atoms with Gasteiger partial charge in [-0.15, -0.1) is 0 Å². The average molecular weight is 287 g/mol. The van der Waals surface area contributed by atoms with E-state index in [1.165, 1.54) is 0 Å². The van der Waals surface area contributed by atoms with Crippen LogP contribution < -0.4 is 10.2 Å². The summed E-state index contributed by atoms with van der Waals surface area (Å²) in [5, 5.41) is 2.83. The summed E-state index contributed by atoms with van der Waals surface area (Å²) in [7, 11) is 1.94. The first-order valence-electron chi connectivity index (χ1n) is 7.11. The van der Waals surface area contributed by atoms with Gasteiger partial charge in [0.05, 0.1) is 12.1 Å². The Morgan fingerprint density at radius 3 is 2.71 bits per heavy atom. The predicted molar refractivity (Wildman–Crippen MR) is 82.4 cm³/mol. The molecule has 0 saturated carbocycles. The highest BCUT2D eigenvalue weighted by molar-refractivity contribution is 5.94. The van der Waals surface area contributed by atoms with Gasteiger partial charge in [-0.05, 0) is 37.6 Å². The molecule has 0 bridgehead atoms. The van der Waals surface area contributed by atoms with Gasteiger partial charge in [-0.1, -0.05) is 6.92 Å². The van der Waals surface area contributed by atoms with Crippen LogP contribution in [0.1, 0.15) is 35.2 Å². The Labute approximate surface area is 125 Å². The molecular formula is C16H21N3O2. The zero-order valence-corrected chi connectivity index (χ0v) is 12.7. The van der Waals surface area contributed by atoms with E-state index in [1.807, 2.05) is 44.0 Å². The van der Waals surface area contributed by atoms with Crippen LogP contribution in [0.2, 0.25) is 0 Å². The summed E-state index contributed by atoms with van der Waals surface area (Å²) in [4.78, 5) is 18.1. The Hall–Kier alpha value is -2.30. The molecule has 0 unspecified atom stereocenters. The number of hydrogen-bond donors (Lipinski definition) is 1. The second-order valence-electron chi connectivity index (χ2n) is 5.03. The Kier molecular flexibility index (Phi) is 4.98. The van der Waals surface area contributed by atoms with Crippen LogP contribution in [0.25, 0.3) is 0 Å². The maximum Gasteiger partial charge on any atom is 0.252 e. The minimum absolute atomic E-state index is 0.0831. The Balaban J connectivity index is 1.99. The molecule has 0 atom stereocenters. The highest BCUT2D eigenvalue weighted by Gasteiger charge is 2.09. The van der Waals surface area contributed by atoms with Crippen molar-refractivity contribution < 1.29 is 9.21 Å². The highest BCUT2D eigenvalue weighted by atomic mass is 16.3. The monoisotopic (exact) mass is 287 g/mol. The minimum atomic E-state index is -0.0831. The van der Waals surface area contributed by atoms with Crippen molar-refractivity contribution in [2.24, 2.45) is 0 Å². The maximum absolute atomic E-state index is 11.8. The van der Waals surface area contributed by atoms with Crippen LogP contribution in [0.15, 0.2) is 34.9 Å². The van der Waals surface area contributed by atoms with Crippen molar-refractivity contribution in [2.45, 2.75) is 26.8 Å². The third-order valence-electron chi connectivity index (χ3n) is 3.13. The van der Waals surface area contributed by atoms with Crippen molar-refractivity contribution in [3.63, 3.8) is 0 Å². The largest absolute Gasteiger partial charge is 0.464 e. The first kappa shape index (κ1) is 15.1. The number of nitrogens with one attached hydrogen (secondary N) is 1. The van der Waals surface area contributed by atoms with Crippen LogP contribution >= 0.6 is 0 Å². The van der Waals surface area contributed by atoms with Gasteiger partial charge < -0.3 is 14.6 Å². The first-order valence-corrected chi connectivity index (χ1v) is 7.11. The molecule has 0 fully saturated rings. The number of aromatic nitrogens is 1. The Morgan fingerprint density at radius 1 is 1.33 bits per heavy atom. The third kappa shape index (κ3) is 4.08. The number of anilines is 1. The van der Waals surface area contributed by atoms with Gasteiger partial charge in [0.25, 0.3) is 5.91 Å². The van der Waals surface area contributed by atoms with Crippen LogP contribution in [-0.4, -0.2) is 24.5 Å². The second kappa shape index (κ2) is 6.92. The van der Waals surface area contributed by atoms with Gasteiger partial charge in [0.1, 0.15) is 17.3 Å². The van der Waals surface area contributed by atoms with Crippen LogP contribution in [0.5, 0.6) is 0 Å². The van der Waals surface area contributed by atoms with Crippen molar-refractivity contribution in [2.75, 3.05) is 18.5 Å². The summed E-state index contributed by atoms with van der Waals surface area (Å²) >= 11 is 0. The van der Waals surface area contributed by atoms with E-state index in [0.29, 0.717) is 18.7 Å². The highest BCUT2D eigenvalue weighted by Crippen LogP contribution is 2.15. The zero-order chi connectivity index (χ0) is 15.2. The SMILES string of the molecule is CCCNC(=O)c1ccc(N(C)Cc2ccc(C)o2)nc1. The standard InChI is InChI=1S/C16H21N3O2/c1-4-9-17-16(20)13-6-8-15(18-10-13)19(3)11-14-7-5-12(2)21-14/h5-8,10H,4,9,11H2,1-3H3,(H,17,20). The second-order valence-corrected chi connectivity index (χ2v) is 5.03. The van der Waals surface area contributed by atoms with Gasteiger partial charge >= 0.3 is 0 Å². The maximum atomic E-state index is 11.8. The molecule has 1 amide bonds. The van der Waals surface area contributed by atoms with Crippen molar-refractivity contribution in [1.82, 2.24) is 10.3 Å². The van der Waals surface area contributed by atoms with Gasteiger partial charge in [-0.2, -0.15) is 0 Å². The summed E-state index contributed by atoms with van der Waals surface area (Å²) in [5.41, 5.74) is 0.578. The van der Waals surface area contributed by atoms with Crippen molar-refractivity contribution >= 4 is 11.7 Å². The third-order valence-corrected chi connectivity index (χ3v) is 3.13. The van der Waals surface area contributed by atoms with Crippen LogP contribution in [-0.2, 0) is 6.54 Å². The van der Waals surface area contributed by atoms with Gasteiger partial charge in [0.15, 0.2) is 0 Å². The molecule has 0 saturated heterocycles. The van der Waals surface area contributed by atoms with E-state index in [2.05, 4.69) is 10.3 Å². The normalized spacial score (nSPS) is 10.4. The molecule has 0 aliphatic carbocycles. The number of rotatable bonds is 6. The molecule has 1 N–H and O–H groups in total. The van der Waals surface area contributed by atoms with E-state index in [-0.39, 0.29) is 5.91 Å². The molecule has 5 nitrogen and oxygen atoms in total. The molecule has 21 heavy (non-hydrogen) atoms. The number of aryl methyl sites for hydroxylation is 1. The van der Waals surface area contributed by atoms with E-state index < -0.39 is 0 Å². The predicted octanol–water partition coefficient (Wildman–Crippen LogP) is 2.76. The van der Waals surface area contributed by atoms with E-state index in [9.17, 15) is 4.79 Å². The smallest absolute Gasteiger partial charge is 0.252 e. The lowest BCUT2D eigenvalue weighted by Crippen LogP contribution is -2.24. The van der Waals surface area contributed by atoms with Gasteiger partial charge in [-0.3, -0.25) is 4.79 Å². The van der Waals surface area contributed by atoms with Crippen molar-refractivity contribution in [3.8, 4) is 0 Å². The molecule has 0 aromatic carbocycles. The fraction of sp³-hybridized carbons (Fsp3) is 0.375. The quantitative estimate of drug-likeness (QED) is 0.887. The van der Waals surface area contributed by atoms with Gasteiger partial charge in [0.2, 0.25) is 0 Å². The molecule has 2 rings (SSSR count). The minimum Gasteiger partial charge on any atom is -0.464 e. The number of pyridine rings is 1. The summed E-state index contributed by atoms with van der Waals surface area (Å²) in [6.07, 6.45) is 2.52. The number of carbonyl (C=O) groups is 1. The van der Waals surface area contributed by atoms with Crippen molar-refractivity contribution in [3.05, 3.63) is 47.5 Å². The van der Waals surface area contributed by atoms with Crippen molar-refractivity contribution in [1.29, 1.82) is 0 Å². The molecule has 0 radical (unpaired) electrons. The molecular weight excluding hydrogens is 266 g/mol. The van der Waals surface area contributed by atoms with Crippen LogP contribution in [0.3, 0.4) is 0 Å². The summed E-state index contributed by atoms with van der Waals surface area (Å²) in [5.74, 6) is 2.51. The molecule has 112 valence electrons. The molecule has 0 aliphatic rings. The number of nitrogens with zero attached hydrogens (tertiary/aromatic N) is 2. The summed E-state index contributed by atoms with van der Waals surface area (Å²) in [6.45, 7) is 5.26. The van der Waals surface area contributed by atoms with Crippen LogP contribution in [0, 0.1) is 6.92 Å². The molecule has 2 heterocycles. The van der Waals surface area contributed by atoms with E-state index in [1.54, 1.807) is 12.3 Å². The molecule has 2 aromatic heterocycles. The summed E-state index contributed by atoms with van der Waals surface area (Å²) < 4.78 is 5.55. The lowest BCUT2D eigenvalue weighted by Gasteiger charge is -2.16.